The smallest absolute Gasteiger partial charge is 0.255 e. The first-order valence-electron chi connectivity index (χ1n) is 6.24. The molecule has 0 aliphatic rings. The molecule has 0 spiro atoms. The van der Waals surface area contributed by atoms with Crippen LogP contribution in [0.2, 0.25) is 0 Å². The maximum Gasteiger partial charge on any atom is 0.255 e. The number of nitrogens with two attached hydrogens (primary N) is 1. The van der Waals surface area contributed by atoms with Gasteiger partial charge in [-0.15, -0.1) is 11.3 Å². The summed E-state index contributed by atoms with van der Waals surface area (Å²) in [7, 11) is 0. The second-order valence-electron chi connectivity index (χ2n) is 4.45. The standard InChI is InChI=1S/C14H17N3O2S/c1-9-14(20-8-16-9)10(2)17-11-4-3-5-12(6-11)19-7-13(15)18/h3-6,8,10,17H,7H2,1-2H3,(H2,15,18). The van der Waals surface area contributed by atoms with Gasteiger partial charge in [-0.05, 0) is 26.0 Å². The number of nitrogens with zero attached hydrogens (tertiary/aromatic N) is 1. The molecule has 1 amide bonds. The largest absolute Gasteiger partial charge is 0.484 e. The molecule has 1 aromatic heterocycles. The Hall–Kier alpha value is -2.08. The van der Waals surface area contributed by atoms with Crippen LogP contribution in [0.15, 0.2) is 29.8 Å². The number of benzene rings is 1. The number of anilines is 1. The summed E-state index contributed by atoms with van der Waals surface area (Å²) in [4.78, 5) is 16.2. The molecule has 0 radical (unpaired) electrons. The van der Waals surface area contributed by atoms with Crippen molar-refractivity contribution in [2.24, 2.45) is 5.73 Å². The number of primary amides is 1. The average Bonchev–Trinajstić information content (AvgIpc) is 2.83. The fraction of sp³-hybridized carbons (Fsp3) is 0.286. The van der Waals surface area contributed by atoms with Gasteiger partial charge < -0.3 is 15.8 Å². The van der Waals surface area contributed by atoms with Crippen LogP contribution < -0.4 is 15.8 Å². The van der Waals surface area contributed by atoms with Crippen LogP contribution in [0.3, 0.4) is 0 Å². The molecule has 1 atom stereocenters. The van der Waals surface area contributed by atoms with Crippen LogP contribution in [-0.4, -0.2) is 17.5 Å². The quantitative estimate of drug-likeness (QED) is 0.857. The highest BCUT2D eigenvalue weighted by Crippen LogP contribution is 2.26. The Morgan fingerprint density at radius 1 is 1.55 bits per heavy atom. The zero-order valence-electron chi connectivity index (χ0n) is 11.4. The Balaban J connectivity index is 2.04. The number of thiazole rings is 1. The van der Waals surface area contributed by atoms with Crippen molar-refractivity contribution in [3.8, 4) is 5.75 Å². The minimum absolute atomic E-state index is 0.118. The number of amides is 1. The van der Waals surface area contributed by atoms with Crippen LogP contribution in [0.1, 0.15) is 23.5 Å². The highest BCUT2D eigenvalue weighted by Gasteiger charge is 2.11. The number of carbonyl (C=O) groups is 1. The van der Waals surface area contributed by atoms with Crippen LogP contribution in [-0.2, 0) is 4.79 Å². The van der Waals surface area contributed by atoms with E-state index in [-0.39, 0.29) is 12.6 Å². The lowest BCUT2D eigenvalue weighted by Gasteiger charge is -2.15. The first-order valence-corrected chi connectivity index (χ1v) is 7.12. The molecule has 0 saturated carbocycles. The summed E-state index contributed by atoms with van der Waals surface area (Å²) in [5, 5.41) is 3.39. The Morgan fingerprint density at radius 2 is 2.35 bits per heavy atom. The first kappa shape index (κ1) is 14.3. The maximum absolute atomic E-state index is 10.7. The molecule has 1 heterocycles. The van der Waals surface area contributed by atoms with E-state index in [2.05, 4.69) is 17.2 Å². The number of aromatic nitrogens is 1. The monoisotopic (exact) mass is 291 g/mol. The van der Waals surface area contributed by atoms with Gasteiger partial charge in [0.25, 0.3) is 5.91 Å². The lowest BCUT2D eigenvalue weighted by molar-refractivity contribution is -0.119. The predicted octanol–water partition coefficient (Wildman–Crippen LogP) is 2.49. The summed E-state index contributed by atoms with van der Waals surface area (Å²) in [5.41, 5.74) is 8.86. The van der Waals surface area contributed by atoms with Crippen molar-refractivity contribution in [2.45, 2.75) is 19.9 Å². The van der Waals surface area contributed by atoms with Gasteiger partial charge in [-0.2, -0.15) is 0 Å². The number of ether oxygens (including phenoxy) is 1. The summed E-state index contributed by atoms with van der Waals surface area (Å²) in [6.45, 7) is 3.96. The minimum atomic E-state index is -0.489. The molecule has 1 unspecified atom stereocenters. The van der Waals surface area contributed by atoms with E-state index in [0.717, 1.165) is 11.4 Å². The third-order valence-corrected chi connectivity index (χ3v) is 3.89. The van der Waals surface area contributed by atoms with Crippen LogP contribution in [0.4, 0.5) is 5.69 Å². The van der Waals surface area contributed by atoms with E-state index >= 15 is 0 Å². The fourth-order valence-electron chi connectivity index (χ4n) is 1.87. The van der Waals surface area contributed by atoms with Gasteiger partial charge in [0, 0.05) is 16.6 Å². The Kier molecular flexibility index (Phi) is 4.57. The first-order chi connectivity index (χ1) is 9.56. The number of hydrogen-bond donors (Lipinski definition) is 2. The third-order valence-electron chi connectivity index (χ3n) is 2.77. The molecule has 2 rings (SSSR count). The highest BCUT2D eigenvalue weighted by atomic mass is 32.1. The summed E-state index contributed by atoms with van der Waals surface area (Å²) in [6, 6.07) is 7.61. The van der Waals surface area contributed by atoms with Gasteiger partial charge >= 0.3 is 0 Å². The predicted molar refractivity (Wildman–Crippen MR) is 80.0 cm³/mol. The van der Waals surface area contributed by atoms with Crippen molar-refractivity contribution in [1.82, 2.24) is 4.98 Å². The summed E-state index contributed by atoms with van der Waals surface area (Å²) >= 11 is 1.63. The van der Waals surface area contributed by atoms with Gasteiger partial charge in [0.2, 0.25) is 0 Å². The molecular weight excluding hydrogens is 274 g/mol. The topological polar surface area (TPSA) is 77.2 Å². The number of nitrogens with one attached hydrogen (secondary N) is 1. The van der Waals surface area contributed by atoms with Crippen LogP contribution in [0.5, 0.6) is 5.75 Å². The molecule has 6 heteroatoms. The third kappa shape index (κ3) is 3.71. The Labute approximate surface area is 121 Å². The van der Waals surface area contributed by atoms with Crippen LogP contribution >= 0.6 is 11.3 Å². The summed E-state index contributed by atoms with van der Waals surface area (Å²) < 4.78 is 5.28. The van der Waals surface area contributed by atoms with Crippen LogP contribution in [0, 0.1) is 6.92 Å². The molecule has 0 saturated heterocycles. The van der Waals surface area contributed by atoms with Crippen molar-refractivity contribution in [2.75, 3.05) is 11.9 Å². The van der Waals surface area contributed by atoms with E-state index in [1.54, 1.807) is 17.4 Å². The summed E-state index contributed by atoms with van der Waals surface area (Å²) in [5.74, 6) is 0.124. The van der Waals surface area contributed by atoms with E-state index in [1.807, 2.05) is 30.6 Å². The molecule has 2 aromatic rings. The minimum Gasteiger partial charge on any atom is -0.484 e. The number of carbonyl (C=O) groups excluding carboxylic acids is 1. The lowest BCUT2D eigenvalue weighted by Crippen LogP contribution is -2.20. The van der Waals surface area contributed by atoms with Gasteiger partial charge in [-0.1, -0.05) is 6.07 Å². The molecule has 20 heavy (non-hydrogen) atoms. The SMILES string of the molecule is Cc1ncsc1C(C)Nc1cccc(OCC(N)=O)c1. The van der Waals surface area contributed by atoms with Gasteiger partial charge in [0.15, 0.2) is 6.61 Å². The zero-order chi connectivity index (χ0) is 14.5. The van der Waals surface area contributed by atoms with Crippen molar-refractivity contribution in [3.63, 3.8) is 0 Å². The second kappa shape index (κ2) is 6.38. The number of rotatable bonds is 6. The molecule has 0 bridgehead atoms. The van der Waals surface area contributed by atoms with E-state index < -0.39 is 5.91 Å². The van der Waals surface area contributed by atoms with E-state index in [1.165, 1.54) is 4.88 Å². The average molecular weight is 291 g/mol. The van der Waals surface area contributed by atoms with Crippen molar-refractivity contribution in [3.05, 3.63) is 40.3 Å². The van der Waals surface area contributed by atoms with Gasteiger partial charge in [-0.3, -0.25) is 4.79 Å². The van der Waals surface area contributed by atoms with Gasteiger partial charge in [-0.25, -0.2) is 4.98 Å². The van der Waals surface area contributed by atoms with Gasteiger partial charge in [0.1, 0.15) is 5.75 Å². The maximum atomic E-state index is 10.7. The van der Waals surface area contributed by atoms with E-state index in [0.29, 0.717) is 5.75 Å². The van der Waals surface area contributed by atoms with E-state index in [9.17, 15) is 4.79 Å². The van der Waals surface area contributed by atoms with Gasteiger partial charge in [0.05, 0.1) is 17.2 Å². The Bertz CT molecular complexity index is 598. The van der Waals surface area contributed by atoms with Crippen molar-refractivity contribution >= 4 is 22.9 Å². The molecule has 0 aliphatic heterocycles. The number of hydrogen-bond acceptors (Lipinski definition) is 5. The molecule has 5 nitrogen and oxygen atoms in total. The van der Waals surface area contributed by atoms with Crippen LogP contribution in [0.25, 0.3) is 0 Å². The lowest BCUT2D eigenvalue weighted by atomic mass is 10.2. The second-order valence-corrected chi connectivity index (χ2v) is 5.34. The summed E-state index contributed by atoms with van der Waals surface area (Å²) in [6.07, 6.45) is 0. The van der Waals surface area contributed by atoms with Crippen molar-refractivity contribution < 1.29 is 9.53 Å². The Morgan fingerprint density at radius 3 is 3.00 bits per heavy atom. The molecule has 3 N–H and O–H groups in total. The fourth-order valence-corrected chi connectivity index (χ4v) is 2.68. The molecule has 1 aromatic carbocycles. The highest BCUT2D eigenvalue weighted by molar-refractivity contribution is 7.09. The number of aryl methyl sites for hydroxylation is 1. The normalized spacial score (nSPS) is 11.9. The zero-order valence-corrected chi connectivity index (χ0v) is 12.2. The molecule has 106 valence electrons. The molecule has 0 aliphatic carbocycles. The van der Waals surface area contributed by atoms with E-state index in [4.69, 9.17) is 10.5 Å². The molecular formula is C14H17N3O2S. The van der Waals surface area contributed by atoms with Crippen molar-refractivity contribution in [1.29, 1.82) is 0 Å². The molecule has 0 fully saturated rings.